The van der Waals surface area contributed by atoms with Crippen molar-refractivity contribution in [1.82, 2.24) is 10.3 Å². The second-order valence-electron chi connectivity index (χ2n) is 5.56. The maximum atomic E-state index is 13.2. The minimum atomic E-state index is -2.45. The molecule has 0 aromatic carbocycles. The molecule has 1 unspecified atom stereocenters. The van der Waals surface area contributed by atoms with E-state index in [1.165, 1.54) is 5.56 Å². The smallest absolute Gasteiger partial charge is 0.248 e. The van der Waals surface area contributed by atoms with Gasteiger partial charge in [0.1, 0.15) is 0 Å². The Balaban J connectivity index is 1.99. The molecule has 0 saturated heterocycles. The van der Waals surface area contributed by atoms with E-state index in [1.54, 1.807) is 6.20 Å². The Morgan fingerprint density at radius 2 is 2.11 bits per heavy atom. The van der Waals surface area contributed by atoms with Gasteiger partial charge in [-0.2, -0.15) is 0 Å². The Bertz CT molecular complexity index is 410. The maximum absolute atomic E-state index is 13.2. The normalized spacial score (nSPS) is 21.3. The zero-order valence-corrected chi connectivity index (χ0v) is 11.6. The zero-order chi connectivity index (χ0) is 13.9. The quantitative estimate of drug-likeness (QED) is 0.906. The first-order valence-electron chi connectivity index (χ1n) is 6.97. The number of rotatable bonds is 4. The predicted molar refractivity (Wildman–Crippen MR) is 72.4 cm³/mol. The third-order valence-corrected chi connectivity index (χ3v) is 4.23. The molecule has 1 heterocycles. The third kappa shape index (κ3) is 3.72. The van der Waals surface area contributed by atoms with E-state index in [9.17, 15) is 8.78 Å². The van der Waals surface area contributed by atoms with Crippen LogP contribution in [-0.4, -0.2) is 24.0 Å². The van der Waals surface area contributed by atoms with Crippen LogP contribution in [0.2, 0.25) is 0 Å². The number of nitrogens with zero attached hydrogens (tertiary/aromatic N) is 1. The van der Waals surface area contributed by atoms with Crippen LogP contribution in [0, 0.1) is 12.8 Å². The van der Waals surface area contributed by atoms with Gasteiger partial charge in [0.15, 0.2) is 0 Å². The molecule has 1 aromatic rings. The first kappa shape index (κ1) is 14.4. The monoisotopic (exact) mass is 268 g/mol. The number of likely N-dealkylation sites (N-methyl/N-ethyl adjacent to an activating group) is 1. The molecule has 2 nitrogen and oxygen atoms in total. The molecule has 0 amide bonds. The number of aryl methyl sites for hydroxylation is 1. The van der Waals surface area contributed by atoms with Crippen LogP contribution in [-0.2, 0) is 6.42 Å². The average molecular weight is 268 g/mol. The van der Waals surface area contributed by atoms with Crippen molar-refractivity contribution >= 4 is 0 Å². The lowest BCUT2D eigenvalue weighted by Crippen LogP contribution is -2.40. The Morgan fingerprint density at radius 3 is 2.68 bits per heavy atom. The molecule has 1 aliphatic rings. The highest BCUT2D eigenvalue weighted by molar-refractivity contribution is 5.18. The van der Waals surface area contributed by atoms with Crippen molar-refractivity contribution < 1.29 is 8.78 Å². The number of halogens is 2. The van der Waals surface area contributed by atoms with Crippen LogP contribution in [0.3, 0.4) is 0 Å². The van der Waals surface area contributed by atoms with Crippen LogP contribution < -0.4 is 5.32 Å². The van der Waals surface area contributed by atoms with Crippen LogP contribution in [0.15, 0.2) is 18.3 Å². The fourth-order valence-corrected chi connectivity index (χ4v) is 2.91. The van der Waals surface area contributed by atoms with Crippen LogP contribution in [0.4, 0.5) is 8.78 Å². The van der Waals surface area contributed by atoms with Crippen molar-refractivity contribution in [2.75, 3.05) is 7.05 Å². The number of aromatic nitrogens is 1. The lowest BCUT2D eigenvalue weighted by atomic mass is 9.80. The van der Waals surface area contributed by atoms with Crippen molar-refractivity contribution in [3.05, 3.63) is 29.6 Å². The van der Waals surface area contributed by atoms with Gasteiger partial charge in [0, 0.05) is 37.2 Å². The van der Waals surface area contributed by atoms with Crippen molar-refractivity contribution in [3.63, 3.8) is 0 Å². The fraction of sp³-hybridized carbons (Fsp3) is 0.667. The van der Waals surface area contributed by atoms with Gasteiger partial charge in [0.05, 0.1) is 0 Å². The molecule has 0 radical (unpaired) electrons. The molecule has 1 aromatic heterocycles. The molecule has 106 valence electrons. The summed E-state index contributed by atoms with van der Waals surface area (Å²) in [6, 6.07) is 4.21. The first-order chi connectivity index (χ1) is 9.02. The molecule has 4 heteroatoms. The van der Waals surface area contributed by atoms with E-state index < -0.39 is 5.92 Å². The molecular weight excluding hydrogens is 246 g/mol. The Labute approximate surface area is 113 Å². The highest BCUT2D eigenvalue weighted by Crippen LogP contribution is 2.37. The van der Waals surface area contributed by atoms with Gasteiger partial charge in [-0.1, -0.05) is 6.07 Å². The van der Waals surface area contributed by atoms with Gasteiger partial charge in [0.2, 0.25) is 5.92 Å². The number of hydrogen-bond donors (Lipinski definition) is 1. The summed E-state index contributed by atoms with van der Waals surface area (Å²) < 4.78 is 26.4. The second-order valence-corrected chi connectivity index (χ2v) is 5.56. The number of alkyl halides is 2. The molecule has 0 aliphatic heterocycles. The highest BCUT2D eigenvalue weighted by Gasteiger charge is 2.37. The summed E-state index contributed by atoms with van der Waals surface area (Å²) in [6.45, 7) is 2.05. The maximum Gasteiger partial charge on any atom is 0.248 e. The van der Waals surface area contributed by atoms with Crippen LogP contribution in [0.5, 0.6) is 0 Å². The molecule has 1 saturated carbocycles. The molecule has 0 spiro atoms. The minimum absolute atomic E-state index is 0.0248. The molecule has 1 aliphatic carbocycles. The lowest BCUT2D eigenvalue weighted by molar-refractivity contribution is -0.0493. The predicted octanol–water partition coefficient (Wildman–Crippen LogP) is 3.35. The van der Waals surface area contributed by atoms with E-state index in [4.69, 9.17) is 0 Å². The summed E-state index contributed by atoms with van der Waals surface area (Å²) >= 11 is 0. The van der Waals surface area contributed by atoms with Crippen molar-refractivity contribution in [2.24, 2.45) is 5.92 Å². The van der Waals surface area contributed by atoms with Crippen molar-refractivity contribution in [2.45, 2.75) is 51.0 Å². The molecule has 19 heavy (non-hydrogen) atoms. The van der Waals surface area contributed by atoms with E-state index in [1.807, 2.05) is 26.1 Å². The van der Waals surface area contributed by atoms with Crippen LogP contribution in [0.1, 0.15) is 36.9 Å². The third-order valence-electron chi connectivity index (χ3n) is 4.23. The second kappa shape index (κ2) is 5.95. The highest BCUT2D eigenvalue weighted by atomic mass is 19.3. The first-order valence-corrected chi connectivity index (χ1v) is 6.97. The van der Waals surface area contributed by atoms with E-state index in [2.05, 4.69) is 10.3 Å². The van der Waals surface area contributed by atoms with Gasteiger partial charge < -0.3 is 5.32 Å². The SMILES string of the molecule is CNC(Cc1ncccc1C)C1CCC(F)(F)CC1. The summed E-state index contributed by atoms with van der Waals surface area (Å²) in [5.41, 5.74) is 2.24. The summed E-state index contributed by atoms with van der Waals surface area (Å²) in [5, 5.41) is 3.29. The number of nitrogens with one attached hydrogen (secondary N) is 1. The molecule has 1 atom stereocenters. The van der Waals surface area contributed by atoms with Crippen LogP contribution in [0.25, 0.3) is 0 Å². The number of pyridine rings is 1. The van der Waals surface area contributed by atoms with E-state index in [0.717, 1.165) is 12.1 Å². The van der Waals surface area contributed by atoms with Gasteiger partial charge >= 0.3 is 0 Å². The standard InChI is InChI=1S/C15H22F2N2/c1-11-4-3-9-19-13(11)10-14(18-2)12-5-7-15(16,17)8-6-12/h3-4,9,12,14,18H,5-8,10H2,1-2H3. The molecular formula is C15H22F2N2. The molecule has 1 fully saturated rings. The van der Waals surface area contributed by atoms with E-state index in [0.29, 0.717) is 18.8 Å². The summed E-state index contributed by atoms with van der Waals surface area (Å²) in [5.74, 6) is -2.12. The van der Waals surface area contributed by atoms with E-state index in [-0.39, 0.29) is 18.9 Å². The van der Waals surface area contributed by atoms with Crippen molar-refractivity contribution in [1.29, 1.82) is 0 Å². The minimum Gasteiger partial charge on any atom is -0.316 e. The summed E-state index contributed by atoms with van der Waals surface area (Å²) in [4.78, 5) is 4.40. The Hall–Kier alpha value is -1.03. The zero-order valence-electron chi connectivity index (χ0n) is 11.6. The summed E-state index contributed by atoms with van der Waals surface area (Å²) in [7, 11) is 1.91. The topological polar surface area (TPSA) is 24.9 Å². The average Bonchev–Trinajstić information content (AvgIpc) is 2.38. The van der Waals surface area contributed by atoms with Gasteiger partial charge in [-0.15, -0.1) is 0 Å². The van der Waals surface area contributed by atoms with Gasteiger partial charge in [0.25, 0.3) is 0 Å². The van der Waals surface area contributed by atoms with Crippen molar-refractivity contribution in [3.8, 4) is 0 Å². The van der Waals surface area contributed by atoms with E-state index >= 15 is 0 Å². The summed E-state index contributed by atoms with van der Waals surface area (Å²) in [6.07, 6.45) is 3.87. The number of hydrogen-bond acceptors (Lipinski definition) is 2. The largest absolute Gasteiger partial charge is 0.316 e. The Kier molecular flexibility index (Phi) is 4.50. The van der Waals surface area contributed by atoms with Gasteiger partial charge in [-0.3, -0.25) is 4.98 Å². The molecule has 0 bridgehead atoms. The Morgan fingerprint density at radius 1 is 1.42 bits per heavy atom. The fourth-order valence-electron chi connectivity index (χ4n) is 2.91. The van der Waals surface area contributed by atoms with Crippen LogP contribution >= 0.6 is 0 Å². The lowest BCUT2D eigenvalue weighted by Gasteiger charge is -2.33. The van der Waals surface area contributed by atoms with Gasteiger partial charge in [-0.05, 0) is 44.4 Å². The van der Waals surface area contributed by atoms with Gasteiger partial charge in [-0.25, -0.2) is 8.78 Å². The molecule has 2 rings (SSSR count). The molecule has 1 N–H and O–H groups in total.